The van der Waals surface area contributed by atoms with Gasteiger partial charge in [0.2, 0.25) is 5.75 Å². The van der Waals surface area contributed by atoms with Crippen LogP contribution in [0.3, 0.4) is 0 Å². The summed E-state index contributed by atoms with van der Waals surface area (Å²) in [5, 5.41) is 6.22. The molecule has 7 nitrogen and oxygen atoms in total. The first-order chi connectivity index (χ1) is 27.6. The summed E-state index contributed by atoms with van der Waals surface area (Å²) in [7, 11) is 0. The first-order valence-corrected chi connectivity index (χ1v) is 22.5. The van der Waals surface area contributed by atoms with Crippen LogP contribution in [-0.2, 0) is 0 Å². The molecule has 0 spiro atoms. The topological polar surface area (TPSA) is 64.6 Å². The zero-order chi connectivity index (χ0) is 40.0. The fourth-order valence-corrected chi connectivity index (χ4v) is 6.82. The van der Waals surface area contributed by atoms with E-state index in [9.17, 15) is 0 Å². The summed E-state index contributed by atoms with van der Waals surface area (Å²) >= 11 is 0. The number of benzene rings is 4. The van der Waals surface area contributed by atoms with Crippen molar-refractivity contribution in [1.82, 2.24) is 0 Å². The van der Waals surface area contributed by atoms with Crippen LogP contribution in [-0.4, -0.2) is 46.2 Å². The van der Waals surface area contributed by atoms with Gasteiger partial charge in [-0.15, -0.1) is 0 Å². The Bertz CT molecular complexity index is 1730. The number of hydrogen-bond acceptors (Lipinski definition) is 7. The van der Waals surface area contributed by atoms with Gasteiger partial charge in [-0.2, -0.15) is 0 Å². The lowest BCUT2D eigenvalue weighted by Crippen LogP contribution is -2.07. The highest BCUT2D eigenvalue weighted by molar-refractivity contribution is 6.28. The van der Waals surface area contributed by atoms with Gasteiger partial charge in [-0.25, -0.2) is 0 Å². The molecule has 0 aliphatic rings. The summed E-state index contributed by atoms with van der Waals surface area (Å²) in [6.07, 6.45) is 17.6. The van der Waals surface area contributed by atoms with Gasteiger partial charge >= 0.3 is 0 Å². The lowest BCUT2D eigenvalue weighted by molar-refractivity contribution is 0.237. The van der Waals surface area contributed by atoms with Gasteiger partial charge in [0.15, 0.2) is 34.5 Å². The molecule has 0 fully saturated rings. The van der Waals surface area contributed by atoms with Gasteiger partial charge in [0, 0.05) is 5.39 Å². The first-order valence-electron chi connectivity index (χ1n) is 22.5. The molecular formula is C49H74O7. The second-order valence-electron chi connectivity index (χ2n) is 15.1. The van der Waals surface area contributed by atoms with Crippen LogP contribution < -0.4 is 33.2 Å². The van der Waals surface area contributed by atoms with Crippen LogP contribution in [0.1, 0.15) is 158 Å². The van der Waals surface area contributed by atoms with Crippen molar-refractivity contribution in [3.63, 3.8) is 0 Å². The summed E-state index contributed by atoms with van der Waals surface area (Å²) in [6.45, 7) is 19.7. The Morgan fingerprint density at radius 3 is 0.911 bits per heavy atom. The third kappa shape index (κ3) is 12.6. The van der Waals surface area contributed by atoms with Crippen molar-refractivity contribution in [3.8, 4) is 40.2 Å². The molecule has 0 amide bonds. The number of fused-ring (bicyclic) bond motifs is 6. The minimum atomic E-state index is 0.584. The molecule has 7 heteroatoms. The molecule has 0 aliphatic heterocycles. The molecule has 0 N–H and O–H groups in total. The maximum atomic E-state index is 6.95. The summed E-state index contributed by atoms with van der Waals surface area (Å²) in [5.74, 6) is 5.20. The van der Waals surface area contributed by atoms with Gasteiger partial charge in [0.1, 0.15) is 0 Å². The van der Waals surface area contributed by atoms with Gasteiger partial charge < -0.3 is 33.2 Å². The van der Waals surface area contributed by atoms with E-state index in [2.05, 4.69) is 78.8 Å². The monoisotopic (exact) mass is 775 g/mol. The largest absolute Gasteiger partial charge is 0.490 e. The predicted molar refractivity (Wildman–Crippen MR) is 236 cm³/mol. The number of ether oxygens (including phenoxy) is 7. The molecule has 0 aromatic heterocycles. The molecule has 0 heterocycles. The molecular weight excluding hydrogens is 701 g/mol. The molecule has 0 atom stereocenters. The Morgan fingerprint density at radius 2 is 0.536 bits per heavy atom. The Kier molecular flexibility index (Phi) is 20.5. The molecule has 4 aromatic carbocycles. The van der Waals surface area contributed by atoms with Crippen LogP contribution in [0.4, 0.5) is 0 Å². The van der Waals surface area contributed by atoms with Crippen molar-refractivity contribution in [2.24, 2.45) is 0 Å². The van der Waals surface area contributed by atoms with Crippen molar-refractivity contribution in [2.45, 2.75) is 158 Å². The highest BCUT2D eigenvalue weighted by Crippen LogP contribution is 2.52. The van der Waals surface area contributed by atoms with E-state index in [0.717, 1.165) is 176 Å². The second kappa shape index (κ2) is 25.5. The van der Waals surface area contributed by atoms with Crippen LogP contribution in [0, 0.1) is 0 Å². The molecule has 0 bridgehead atoms. The molecule has 0 radical (unpaired) electrons. The smallest absolute Gasteiger partial charge is 0.204 e. The van der Waals surface area contributed by atoms with Crippen molar-refractivity contribution < 1.29 is 33.2 Å². The van der Waals surface area contributed by atoms with Crippen molar-refractivity contribution in [3.05, 3.63) is 30.3 Å². The second-order valence-corrected chi connectivity index (χ2v) is 15.1. The third-order valence-corrected chi connectivity index (χ3v) is 10.2. The zero-order valence-electron chi connectivity index (χ0n) is 36.2. The molecule has 0 saturated carbocycles. The van der Waals surface area contributed by atoms with Crippen molar-refractivity contribution in [2.75, 3.05) is 46.2 Å². The summed E-state index contributed by atoms with van der Waals surface area (Å²) in [4.78, 5) is 0. The van der Waals surface area contributed by atoms with E-state index in [0.29, 0.717) is 52.0 Å². The molecule has 0 saturated heterocycles. The highest BCUT2D eigenvalue weighted by atomic mass is 16.5. The molecule has 0 unspecified atom stereocenters. The van der Waals surface area contributed by atoms with Crippen LogP contribution in [0.15, 0.2) is 30.3 Å². The number of rotatable bonds is 31. The number of hydrogen-bond donors (Lipinski definition) is 0. The molecule has 56 heavy (non-hydrogen) atoms. The Balaban J connectivity index is 2.16. The van der Waals surface area contributed by atoms with Gasteiger partial charge in [0.05, 0.1) is 46.2 Å². The SMILES string of the molecule is CCCCCOc1cc2c3cc(OCCCC)c(OCCCC)cc3c3cc(OCCCC)c(OCCCC)cc3c2c(OCCCCC)c1OCCCCC. The third-order valence-electron chi connectivity index (χ3n) is 10.2. The van der Waals surface area contributed by atoms with Crippen molar-refractivity contribution >= 4 is 32.3 Å². The molecule has 4 aromatic rings. The standard InChI is InChI=1S/C49H74O7/c1-8-15-22-29-54-46-36-41-39-34-43(51-26-19-12-5)42(50-25-18-11-4)32-37(39)38-33-44(52-27-20-13-6)45(53-28-21-14-7)35-40(38)47(41)49(56-31-24-17-10-3)48(46)55-30-23-16-9-2/h32-36H,8-31H2,1-7H3. The summed E-state index contributed by atoms with van der Waals surface area (Å²) < 4.78 is 46.5. The molecule has 0 aliphatic carbocycles. The average molecular weight is 775 g/mol. The van der Waals surface area contributed by atoms with E-state index < -0.39 is 0 Å². The maximum Gasteiger partial charge on any atom is 0.204 e. The lowest BCUT2D eigenvalue weighted by atomic mass is 9.92. The van der Waals surface area contributed by atoms with E-state index in [1.165, 1.54) is 0 Å². The predicted octanol–water partition coefficient (Wildman–Crippen LogP) is 14.6. The molecule has 4 rings (SSSR count). The van der Waals surface area contributed by atoms with Crippen LogP contribution in [0.5, 0.6) is 40.2 Å². The van der Waals surface area contributed by atoms with E-state index >= 15 is 0 Å². The first kappa shape index (κ1) is 45.0. The fraction of sp³-hybridized carbons (Fsp3) is 0.633. The fourth-order valence-electron chi connectivity index (χ4n) is 6.82. The van der Waals surface area contributed by atoms with E-state index in [1.54, 1.807) is 0 Å². The van der Waals surface area contributed by atoms with E-state index in [-0.39, 0.29) is 0 Å². The van der Waals surface area contributed by atoms with Gasteiger partial charge in [-0.05, 0) is 102 Å². The van der Waals surface area contributed by atoms with Crippen molar-refractivity contribution in [1.29, 1.82) is 0 Å². The van der Waals surface area contributed by atoms with Gasteiger partial charge in [-0.3, -0.25) is 0 Å². The minimum Gasteiger partial charge on any atom is -0.490 e. The normalized spacial score (nSPS) is 11.4. The summed E-state index contributed by atoms with van der Waals surface area (Å²) in [5.41, 5.74) is 0. The van der Waals surface area contributed by atoms with Gasteiger partial charge in [0.25, 0.3) is 0 Å². The van der Waals surface area contributed by atoms with Crippen LogP contribution >= 0.6 is 0 Å². The highest BCUT2D eigenvalue weighted by Gasteiger charge is 2.25. The van der Waals surface area contributed by atoms with Crippen LogP contribution in [0.2, 0.25) is 0 Å². The lowest BCUT2D eigenvalue weighted by Gasteiger charge is -2.23. The van der Waals surface area contributed by atoms with Gasteiger partial charge in [-0.1, -0.05) is 113 Å². The number of unbranched alkanes of at least 4 members (excludes halogenated alkanes) is 10. The average Bonchev–Trinajstić information content (AvgIpc) is 3.20. The Labute approximate surface area is 339 Å². The zero-order valence-corrected chi connectivity index (χ0v) is 36.2. The quantitative estimate of drug-likeness (QED) is 0.0373. The van der Waals surface area contributed by atoms with Crippen LogP contribution in [0.25, 0.3) is 32.3 Å². The maximum absolute atomic E-state index is 6.95. The van der Waals surface area contributed by atoms with E-state index in [1.807, 2.05) is 0 Å². The Hall–Kier alpha value is -3.74. The Morgan fingerprint density at radius 1 is 0.268 bits per heavy atom. The minimum absolute atomic E-state index is 0.584. The summed E-state index contributed by atoms with van der Waals surface area (Å²) in [6, 6.07) is 10.9. The molecule has 312 valence electrons. The van der Waals surface area contributed by atoms with E-state index in [4.69, 9.17) is 33.2 Å².